The highest BCUT2D eigenvalue weighted by atomic mass is 32.1. The van der Waals surface area contributed by atoms with Gasteiger partial charge >= 0.3 is 5.97 Å². The van der Waals surface area contributed by atoms with Gasteiger partial charge in [0.1, 0.15) is 5.75 Å². The number of methoxy groups -OCH3 is 3. The van der Waals surface area contributed by atoms with Crippen LogP contribution in [-0.2, 0) is 9.53 Å². The van der Waals surface area contributed by atoms with Crippen molar-refractivity contribution in [3.8, 4) is 17.2 Å². The maximum Gasteiger partial charge on any atom is 0.338 e. The molecular formula is C25H24N2O6S. The van der Waals surface area contributed by atoms with E-state index in [1.165, 1.54) is 12.1 Å². The number of hydrazone groups is 1. The van der Waals surface area contributed by atoms with Crippen LogP contribution in [0, 0.1) is 0 Å². The number of nitrogens with zero attached hydrogens (tertiary/aromatic N) is 2. The molecule has 0 bridgehead atoms. The summed E-state index contributed by atoms with van der Waals surface area (Å²) in [6.45, 7) is -0.443. The second-order valence-corrected chi connectivity index (χ2v) is 8.35. The summed E-state index contributed by atoms with van der Waals surface area (Å²) < 4.78 is 21.2. The Kier molecular flexibility index (Phi) is 7.12. The van der Waals surface area contributed by atoms with Crippen molar-refractivity contribution >= 4 is 28.9 Å². The lowest BCUT2D eigenvalue weighted by molar-refractivity contribution is -0.136. The first-order chi connectivity index (χ1) is 16.5. The van der Waals surface area contributed by atoms with Crippen molar-refractivity contribution in [1.82, 2.24) is 5.01 Å². The number of thiophene rings is 1. The van der Waals surface area contributed by atoms with Crippen LogP contribution in [0.2, 0.25) is 0 Å². The molecule has 0 N–H and O–H groups in total. The molecule has 9 heteroatoms. The Bertz CT molecular complexity index is 1210. The predicted octanol–water partition coefficient (Wildman–Crippen LogP) is 4.31. The number of ether oxygens (including phenoxy) is 4. The van der Waals surface area contributed by atoms with Gasteiger partial charge in [0.15, 0.2) is 18.1 Å². The number of amides is 1. The monoisotopic (exact) mass is 480 g/mol. The molecule has 1 aliphatic rings. The number of benzene rings is 2. The van der Waals surface area contributed by atoms with E-state index in [-0.39, 0.29) is 6.04 Å². The largest absolute Gasteiger partial charge is 0.497 e. The summed E-state index contributed by atoms with van der Waals surface area (Å²) >= 11 is 1.55. The molecule has 34 heavy (non-hydrogen) atoms. The van der Waals surface area contributed by atoms with Gasteiger partial charge in [-0.25, -0.2) is 9.80 Å². The van der Waals surface area contributed by atoms with Crippen molar-refractivity contribution < 1.29 is 28.5 Å². The smallest absolute Gasteiger partial charge is 0.338 e. The van der Waals surface area contributed by atoms with E-state index >= 15 is 0 Å². The molecule has 0 fully saturated rings. The maximum absolute atomic E-state index is 13.1. The third-order valence-electron chi connectivity index (χ3n) is 5.40. The van der Waals surface area contributed by atoms with Crippen molar-refractivity contribution in [3.05, 3.63) is 76.0 Å². The van der Waals surface area contributed by atoms with Crippen molar-refractivity contribution in [2.24, 2.45) is 5.10 Å². The summed E-state index contributed by atoms with van der Waals surface area (Å²) in [5.74, 6) is 0.633. The fourth-order valence-electron chi connectivity index (χ4n) is 3.68. The normalized spacial score (nSPS) is 15.0. The van der Waals surface area contributed by atoms with Crippen molar-refractivity contribution in [2.45, 2.75) is 12.5 Å². The molecular weight excluding hydrogens is 456 g/mol. The molecule has 1 aliphatic heterocycles. The Morgan fingerprint density at radius 2 is 1.82 bits per heavy atom. The Hall–Kier alpha value is -3.85. The molecule has 8 nitrogen and oxygen atoms in total. The highest BCUT2D eigenvalue weighted by Gasteiger charge is 2.34. The first-order valence-corrected chi connectivity index (χ1v) is 11.4. The van der Waals surface area contributed by atoms with Gasteiger partial charge in [0.2, 0.25) is 0 Å². The summed E-state index contributed by atoms with van der Waals surface area (Å²) in [7, 11) is 4.64. The average molecular weight is 481 g/mol. The van der Waals surface area contributed by atoms with Gasteiger partial charge in [0.25, 0.3) is 5.91 Å². The zero-order valence-electron chi connectivity index (χ0n) is 19.0. The summed E-state index contributed by atoms with van der Waals surface area (Å²) in [6, 6.07) is 15.6. The highest BCUT2D eigenvalue weighted by Crippen LogP contribution is 2.37. The second kappa shape index (κ2) is 10.4. The molecule has 0 radical (unpaired) electrons. The van der Waals surface area contributed by atoms with Crippen LogP contribution in [0.25, 0.3) is 0 Å². The molecule has 0 spiro atoms. The summed E-state index contributed by atoms with van der Waals surface area (Å²) in [6.07, 6.45) is 0.519. The molecule has 4 rings (SSSR count). The summed E-state index contributed by atoms with van der Waals surface area (Å²) in [5.41, 5.74) is 1.93. The predicted molar refractivity (Wildman–Crippen MR) is 128 cm³/mol. The fourth-order valence-corrected chi connectivity index (χ4v) is 4.40. The van der Waals surface area contributed by atoms with Crippen LogP contribution in [-0.4, -0.2) is 50.5 Å². The number of hydrogen-bond acceptors (Lipinski definition) is 8. The lowest BCUT2D eigenvalue weighted by atomic mass is 10.0. The fraction of sp³-hybridized carbons (Fsp3) is 0.240. The topological polar surface area (TPSA) is 86.7 Å². The van der Waals surface area contributed by atoms with Crippen LogP contribution in [0.3, 0.4) is 0 Å². The van der Waals surface area contributed by atoms with Crippen LogP contribution in [0.4, 0.5) is 0 Å². The van der Waals surface area contributed by atoms with E-state index < -0.39 is 18.5 Å². The highest BCUT2D eigenvalue weighted by molar-refractivity contribution is 7.12. The lowest BCUT2D eigenvalue weighted by Crippen LogP contribution is -2.31. The van der Waals surface area contributed by atoms with Gasteiger partial charge in [-0.1, -0.05) is 18.2 Å². The van der Waals surface area contributed by atoms with Crippen LogP contribution >= 0.6 is 11.3 Å². The zero-order chi connectivity index (χ0) is 24.1. The number of carbonyl (C=O) groups is 2. The van der Waals surface area contributed by atoms with Crippen LogP contribution in [0.5, 0.6) is 17.2 Å². The van der Waals surface area contributed by atoms with E-state index in [4.69, 9.17) is 18.9 Å². The third kappa shape index (κ3) is 4.89. The van der Waals surface area contributed by atoms with Crippen molar-refractivity contribution in [1.29, 1.82) is 0 Å². The Balaban J connectivity index is 1.55. The minimum absolute atomic E-state index is 0.299. The molecule has 0 saturated carbocycles. The molecule has 1 aromatic heterocycles. The van der Waals surface area contributed by atoms with Gasteiger partial charge in [-0.3, -0.25) is 4.79 Å². The van der Waals surface area contributed by atoms with E-state index in [0.717, 1.165) is 16.2 Å². The third-order valence-corrected chi connectivity index (χ3v) is 6.31. The van der Waals surface area contributed by atoms with E-state index in [9.17, 15) is 9.59 Å². The van der Waals surface area contributed by atoms with E-state index in [2.05, 4.69) is 5.10 Å². The molecule has 3 aromatic rings. The Morgan fingerprint density at radius 3 is 2.53 bits per heavy atom. The van der Waals surface area contributed by atoms with E-state index in [0.29, 0.717) is 29.2 Å². The molecule has 0 aliphatic carbocycles. The van der Waals surface area contributed by atoms with Gasteiger partial charge in [-0.05, 0) is 47.3 Å². The average Bonchev–Trinajstić information content (AvgIpc) is 3.57. The number of esters is 1. The molecule has 1 amide bonds. The van der Waals surface area contributed by atoms with Crippen LogP contribution in [0.15, 0.2) is 65.1 Å². The Morgan fingerprint density at radius 1 is 1.00 bits per heavy atom. The van der Waals surface area contributed by atoms with Gasteiger partial charge in [0.05, 0.1) is 43.5 Å². The zero-order valence-corrected chi connectivity index (χ0v) is 19.8. The van der Waals surface area contributed by atoms with E-state index in [1.807, 2.05) is 29.6 Å². The molecule has 0 unspecified atom stereocenters. The molecule has 2 aromatic carbocycles. The standard InChI is InChI=1S/C25H24N2O6S/c1-30-18-7-4-6-17(12-18)25(29)33-15-24(28)27-20(14-19(26-27)23-8-5-11-34-23)16-9-10-21(31-2)22(13-16)32-3/h4-13,20H,14-15H2,1-3H3/t20-/m1/s1. The van der Waals surface area contributed by atoms with Gasteiger partial charge in [-0.15, -0.1) is 11.3 Å². The molecule has 1 atom stereocenters. The number of hydrogen-bond donors (Lipinski definition) is 0. The maximum atomic E-state index is 13.1. The lowest BCUT2D eigenvalue weighted by Gasteiger charge is -2.22. The van der Waals surface area contributed by atoms with E-state index in [1.54, 1.807) is 55.9 Å². The summed E-state index contributed by atoms with van der Waals surface area (Å²) in [5, 5.41) is 7.94. The SMILES string of the molecule is COc1cccc(C(=O)OCC(=O)N2N=C(c3cccs3)C[C@@H]2c2ccc(OC)c(OC)c2)c1. The van der Waals surface area contributed by atoms with Gasteiger partial charge < -0.3 is 18.9 Å². The number of carbonyl (C=O) groups excluding carboxylic acids is 2. The number of rotatable bonds is 8. The Labute approximate surface area is 201 Å². The molecule has 176 valence electrons. The second-order valence-electron chi connectivity index (χ2n) is 7.40. The quantitative estimate of drug-likeness (QED) is 0.447. The summed E-state index contributed by atoms with van der Waals surface area (Å²) in [4.78, 5) is 26.6. The van der Waals surface area contributed by atoms with Gasteiger partial charge in [-0.2, -0.15) is 5.10 Å². The minimum atomic E-state index is -0.614. The minimum Gasteiger partial charge on any atom is -0.497 e. The first kappa shape index (κ1) is 23.3. The molecule has 0 saturated heterocycles. The van der Waals surface area contributed by atoms with Gasteiger partial charge in [0, 0.05) is 6.42 Å². The van der Waals surface area contributed by atoms with Crippen molar-refractivity contribution in [3.63, 3.8) is 0 Å². The van der Waals surface area contributed by atoms with Crippen LogP contribution < -0.4 is 14.2 Å². The molecule has 2 heterocycles. The first-order valence-electron chi connectivity index (χ1n) is 10.5. The van der Waals surface area contributed by atoms with Crippen LogP contribution in [0.1, 0.15) is 33.3 Å². The van der Waals surface area contributed by atoms with Crippen molar-refractivity contribution in [2.75, 3.05) is 27.9 Å².